The van der Waals surface area contributed by atoms with Gasteiger partial charge in [-0.15, -0.1) is 0 Å². The van der Waals surface area contributed by atoms with Crippen LogP contribution in [0.3, 0.4) is 0 Å². The Hall–Kier alpha value is -2.92. The van der Waals surface area contributed by atoms with Crippen molar-refractivity contribution < 1.29 is 36.2 Å². The van der Waals surface area contributed by atoms with Crippen LogP contribution in [0.25, 0.3) is 11.1 Å². The van der Waals surface area contributed by atoms with Crippen molar-refractivity contribution in [3.8, 4) is 16.9 Å². The van der Waals surface area contributed by atoms with Gasteiger partial charge in [0.15, 0.2) is 10.8 Å². The zero-order valence-electron chi connectivity index (χ0n) is 16.7. The number of carbonyl (C=O) groups is 1. The third kappa shape index (κ3) is 4.35. The van der Waals surface area contributed by atoms with Crippen molar-refractivity contribution in [3.63, 3.8) is 0 Å². The lowest BCUT2D eigenvalue weighted by molar-refractivity contribution is -0.0384. The Morgan fingerprint density at radius 3 is 2.41 bits per heavy atom. The molecule has 0 radical (unpaired) electrons. The van der Waals surface area contributed by atoms with Crippen LogP contribution in [-0.2, 0) is 10.8 Å². The number of phenols is 1. The quantitative estimate of drug-likeness (QED) is 0.461. The van der Waals surface area contributed by atoms with Crippen LogP contribution in [-0.4, -0.2) is 25.9 Å². The normalized spacial score (nSPS) is 12.6. The smallest absolute Gasteiger partial charge is 0.475 e. The maximum Gasteiger partial charge on any atom is 0.475 e. The van der Waals surface area contributed by atoms with E-state index in [2.05, 4.69) is 10.5 Å². The van der Waals surface area contributed by atoms with Gasteiger partial charge in [-0.3, -0.25) is 4.79 Å². The Labute approximate surface area is 186 Å². The van der Waals surface area contributed by atoms with Crippen molar-refractivity contribution >= 4 is 34.0 Å². The average Bonchev–Trinajstić information content (AvgIpc) is 3.03. The highest BCUT2D eigenvalue weighted by Crippen LogP contribution is 2.39. The number of carbonyl (C=O) groups excluding carboxylic acids is 1. The number of amides is 1. The lowest BCUT2D eigenvalue weighted by atomic mass is 9.96. The minimum atomic E-state index is -4.98. The van der Waals surface area contributed by atoms with Crippen LogP contribution in [0.5, 0.6) is 5.75 Å². The Morgan fingerprint density at radius 2 is 1.88 bits per heavy atom. The second kappa shape index (κ2) is 8.55. The van der Waals surface area contributed by atoms with Gasteiger partial charge in [0, 0.05) is 16.0 Å². The fourth-order valence-electron chi connectivity index (χ4n) is 3.10. The minimum Gasteiger partial charge on any atom is -0.506 e. The Morgan fingerprint density at radius 1 is 1.22 bits per heavy atom. The molecule has 3 aromatic rings. The molecule has 12 heteroatoms. The molecule has 0 aliphatic rings. The molecular formula is C20H15ClF4N2O4S. The average molecular weight is 491 g/mol. The molecule has 1 aromatic heterocycles. The fraction of sp³-hybridized carbons (Fsp3) is 0.200. The molecule has 3 rings (SSSR count). The summed E-state index contributed by atoms with van der Waals surface area (Å²) in [5.41, 5.74) is -5.01. The van der Waals surface area contributed by atoms with Crippen LogP contribution in [0.2, 0.25) is 5.02 Å². The van der Waals surface area contributed by atoms with E-state index in [0.717, 1.165) is 24.3 Å². The number of phenolic OH excluding ortho intramolecular Hbond substituents is 1. The molecular weight excluding hydrogens is 476 g/mol. The molecule has 6 nitrogen and oxygen atoms in total. The van der Waals surface area contributed by atoms with Crippen LogP contribution < -0.4 is 5.32 Å². The van der Waals surface area contributed by atoms with Gasteiger partial charge in [0.05, 0.1) is 27.5 Å². The first-order valence-electron chi connectivity index (χ1n) is 8.87. The van der Waals surface area contributed by atoms with E-state index in [0.29, 0.717) is 17.0 Å². The molecule has 0 fully saturated rings. The number of anilines is 1. The molecule has 2 N–H and O–H groups in total. The third-order valence-corrected chi connectivity index (χ3v) is 6.05. The number of hydrogen-bond donors (Lipinski definition) is 2. The predicted molar refractivity (Wildman–Crippen MR) is 110 cm³/mol. The van der Waals surface area contributed by atoms with Crippen LogP contribution in [0.4, 0.5) is 23.2 Å². The Kier molecular flexibility index (Phi) is 6.34. The van der Waals surface area contributed by atoms with Gasteiger partial charge in [0.2, 0.25) is 0 Å². The molecule has 1 unspecified atom stereocenters. The number of nitrogens with zero attached hydrogens (tertiary/aromatic N) is 1. The van der Waals surface area contributed by atoms with Gasteiger partial charge in [-0.2, -0.15) is 13.2 Å². The number of benzene rings is 2. The maximum atomic E-state index is 14.6. The largest absolute Gasteiger partial charge is 0.506 e. The highest BCUT2D eigenvalue weighted by atomic mass is 35.5. The molecule has 1 heterocycles. The first kappa shape index (κ1) is 23.7. The second-order valence-electron chi connectivity index (χ2n) is 6.76. The molecule has 0 saturated heterocycles. The standard InChI is InChI=1S/C20H15ClF4N2O4S/c1-8-14(22)7-12(17-9(2)27-31-10(17)3)18(28)16(8)19(29)26-15-5-4-11(6-13(15)21)32(30)20(23,24)25/h4-7,28H,1-3H3,(H,26,29). The van der Waals surface area contributed by atoms with Crippen molar-refractivity contribution in [3.05, 3.63) is 57.7 Å². The fourth-order valence-corrected chi connectivity index (χ4v) is 4.08. The molecule has 170 valence electrons. The van der Waals surface area contributed by atoms with Crippen molar-refractivity contribution in [1.82, 2.24) is 5.16 Å². The Bertz CT molecular complexity index is 1240. The summed E-state index contributed by atoms with van der Waals surface area (Å²) in [6.07, 6.45) is 0. The van der Waals surface area contributed by atoms with E-state index >= 15 is 0 Å². The van der Waals surface area contributed by atoms with E-state index < -0.39 is 44.2 Å². The highest BCUT2D eigenvalue weighted by Gasteiger charge is 2.38. The monoisotopic (exact) mass is 490 g/mol. The molecule has 0 aliphatic carbocycles. The summed E-state index contributed by atoms with van der Waals surface area (Å²) in [6, 6.07) is 3.76. The zero-order valence-corrected chi connectivity index (χ0v) is 18.3. The summed E-state index contributed by atoms with van der Waals surface area (Å²) >= 11 is 5.95. The summed E-state index contributed by atoms with van der Waals surface area (Å²) < 4.78 is 69.0. The number of hydrogen-bond acceptors (Lipinski definition) is 5. The van der Waals surface area contributed by atoms with Crippen LogP contribution in [0, 0.1) is 26.6 Å². The van der Waals surface area contributed by atoms with E-state index in [1.807, 2.05) is 0 Å². The van der Waals surface area contributed by atoms with E-state index in [4.69, 9.17) is 16.1 Å². The number of rotatable bonds is 4. The van der Waals surface area contributed by atoms with Crippen LogP contribution in [0.1, 0.15) is 27.4 Å². The summed E-state index contributed by atoms with van der Waals surface area (Å²) in [6.45, 7) is 4.41. The molecule has 2 aromatic carbocycles. The number of alkyl halides is 3. The molecule has 0 spiro atoms. The van der Waals surface area contributed by atoms with Crippen molar-refractivity contribution in [2.45, 2.75) is 31.2 Å². The topological polar surface area (TPSA) is 92.4 Å². The number of aromatic hydroxyl groups is 1. The Balaban J connectivity index is 2.01. The van der Waals surface area contributed by atoms with E-state index in [1.54, 1.807) is 13.8 Å². The number of aromatic nitrogens is 1. The maximum absolute atomic E-state index is 14.6. The summed E-state index contributed by atoms with van der Waals surface area (Å²) in [7, 11) is -3.30. The first-order chi connectivity index (χ1) is 14.8. The van der Waals surface area contributed by atoms with E-state index in [9.17, 15) is 31.7 Å². The van der Waals surface area contributed by atoms with Crippen LogP contribution in [0.15, 0.2) is 33.7 Å². The van der Waals surface area contributed by atoms with Gasteiger partial charge in [-0.1, -0.05) is 16.8 Å². The van der Waals surface area contributed by atoms with Crippen LogP contribution >= 0.6 is 11.6 Å². The van der Waals surface area contributed by atoms with Crippen molar-refractivity contribution in [2.75, 3.05) is 5.32 Å². The van der Waals surface area contributed by atoms with Gasteiger partial charge in [0.1, 0.15) is 17.3 Å². The minimum absolute atomic E-state index is 0.0171. The number of aryl methyl sites for hydroxylation is 2. The van der Waals surface area contributed by atoms with Gasteiger partial charge < -0.3 is 14.9 Å². The van der Waals surface area contributed by atoms with E-state index in [1.165, 1.54) is 6.92 Å². The van der Waals surface area contributed by atoms with Gasteiger partial charge in [-0.25, -0.2) is 8.60 Å². The third-order valence-electron chi connectivity index (χ3n) is 4.64. The predicted octanol–water partition coefficient (Wildman–Crippen LogP) is 5.64. The summed E-state index contributed by atoms with van der Waals surface area (Å²) in [4.78, 5) is 12.2. The zero-order chi connectivity index (χ0) is 24.0. The lowest BCUT2D eigenvalue weighted by Crippen LogP contribution is -2.17. The summed E-state index contributed by atoms with van der Waals surface area (Å²) in [5.74, 6) is -1.99. The van der Waals surface area contributed by atoms with Crippen molar-refractivity contribution in [2.24, 2.45) is 0 Å². The van der Waals surface area contributed by atoms with Crippen molar-refractivity contribution in [1.29, 1.82) is 0 Å². The van der Waals surface area contributed by atoms with Gasteiger partial charge in [0.25, 0.3) is 5.91 Å². The molecule has 1 atom stereocenters. The SMILES string of the molecule is Cc1noc(C)c1-c1cc(F)c(C)c(C(=O)Nc2ccc(S(=O)C(F)(F)F)cc2Cl)c1O. The molecule has 32 heavy (non-hydrogen) atoms. The lowest BCUT2D eigenvalue weighted by Gasteiger charge is -2.15. The molecule has 0 saturated carbocycles. The van der Waals surface area contributed by atoms with E-state index in [-0.39, 0.29) is 21.8 Å². The highest BCUT2D eigenvalue weighted by molar-refractivity contribution is 7.86. The second-order valence-corrected chi connectivity index (χ2v) is 8.64. The number of halogens is 5. The molecule has 1 amide bonds. The number of nitrogens with one attached hydrogen (secondary N) is 1. The molecule has 0 bridgehead atoms. The summed E-state index contributed by atoms with van der Waals surface area (Å²) in [5, 5.41) is 16.5. The van der Waals surface area contributed by atoms with Gasteiger partial charge in [-0.05, 0) is 45.0 Å². The first-order valence-corrected chi connectivity index (χ1v) is 10.4. The van der Waals surface area contributed by atoms with Gasteiger partial charge >= 0.3 is 5.51 Å². The molecule has 0 aliphatic heterocycles.